The van der Waals surface area contributed by atoms with Crippen LogP contribution in [0.4, 0.5) is 0 Å². The van der Waals surface area contributed by atoms with Crippen molar-refractivity contribution in [3.63, 3.8) is 0 Å². The second kappa shape index (κ2) is 6.62. The molecule has 0 saturated carbocycles. The molecule has 0 bridgehead atoms. The molecular weight excluding hydrogens is 300 g/mol. The van der Waals surface area contributed by atoms with Crippen LogP contribution >= 0.6 is 11.3 Å². The van der Waals surface area contributed by atoms with Crippen molar-refractivity contribution >= 4 is 17.2 Å². The van der Waals surface area contributed by atoms with Crippen LogP contribution in [0.25, 0.3) is 11.5 Å². The molecule has 0 spiro atoms. The van der Waals surface area contributed by atoms with Crippen molar-refractivity contribution in [2.24, 2.45) is 0 Å². The first-order chi connectivity index (χ1) is 10.7. The first kappa shape index (κ1) is 15.2. The lowest BCUT2D eigenvalue weighted by atomic mass is 9.99. The summed E-state index contributed by atoms with van der Waals surface area (Å²) in [5.74, 6) is 0.614. The van der Waals surface area contributed by atoms with Gasteiger partial charge in [-0.25, -0.2) is 4.98 Å². The van der Waals surface area contributed by atoms with Crippen LogP contribution in [0.3, 0.4) is 0 Å². The van der Waals surface area contributed by atoms with E-state index in [9.17, 15) is 9.90 Å². The zero-order valence-corrected chi connectivity index (χ0v) is 13.4. The molecule has 6 heteroatoms. The second-order valence-electron chi connectivity index (χ2n) is 5.61. The second-order valence-corrected chi connectivity index (χ2v) is 6.67. The molecule has 2 aromatic rings. The van der Waals surface area contributed by atoms with Crippen molar-refractivity contribution in [3.05, 3.63) is 28.3 Å². The van der Waals surface area contributed by atoms with Gasteiger partial charge in [-0.05, 0) is 38.7 Å². The molecule has 0 radical (unpaired) electrons. The summed E-state index contributed by atoms with van der Waals surface area (Å²) in [6.45, 7) is 2.80. The summed E-state index contributed by atoms with van der Waals surface area (Å²) in [7, 11) is 0. The molecule has 118 valence electrons. The van der Waals surface area contributed by atoms with Crippen molar-refractivity contribution in [1.29, 1.82) is 0 Å². The molecule has 3 rings (SSSR count). The minimum absolute atomic E-state index is 0.0138. The smallest absolute Gasteiger partial charge is 0.257 e. The molecule has 5 nitrogen and oxygen atoms in total. The van der Waals surface area contributed by atoms with Crippen molar-refractivity contribution in [2.75, 3.05) is 13.2 Å². The van der Waals surface area contributed by atoms with Crippen molar-refractivity contribution in [3.8, 4) is 11.5 Å². The van der Waals surface area contributed by atoms with Gasteiger partial charge in [-0.15, -0.1) is 11.3 Å². The summed E-state index contributed by atoms with van der Waals surface area (Å²) in [6.07, 6.45) is 5.24. The van der Waals surface area contributed by atoms with E-state index in [-0.39, 0.29) is 18.6 Å². The standard InChI is InChI=1S/C16H20N2O3S/c1-11-17-14(10-22-11)15-8-12(9-21-15)16(20)18-6-3-2-4-13(18)5-7-19/h8-10,13,19H,2-7H2,1H3. The van der Waals surface area contributed by atoms with Crippen molar-refractivity contribution in [2.45, 2.75) is 38.6 Å². The summed E-state index contributed by atoms with van der Waals surface area (Å²) >= 11 is 1.56. The average Bonchev–Trinajstić information content (AvgIpc) is 3.16. The van der Waals surface area contributed by atoms with Gasteiger partial charge in [0.1, 0.15) is 12.0 Å². The number of aromatic nitrogens is 1. The van der Waals surface area contributed by atoms with Gasteiger partial charge in [-0.1, -0.05) is 0 Å². The number of aryl methyl sites for hydroxylation is 1. The topological polar surface area (TPSA) is 66.6 Å². The molecule has 0 aliphatic carbocycles. The van der Waals surface area contributed by atoms with Gasteiger partial charge in [0.05, 0.1) is 10.6 Å². The summed E-state index contributed by atoms with van der Waals surface area (Å²) < 4.78 is 5.52. The van der Waals surface area contributed by atoms with E-state index in [4.69, 9.17) is 4.42 Å². The Morgan fingerprint density at radius 2 is 2.41 bits per heavy atom. The summed E-state index contributed by atoms with van der Waals surface area (Å²) in [5, 5.41) is 12.1. The minimum Gasteiger partial charge on any atom is -0.462 e. The van der Waals surface area contributed by atoms with E-state index < -0.39 is 0 Å². The Morgan fingerprint density at radius 3 is 3.14 bits per heavy atom. The molecular formula is C16H20N2O3S. The zero-order valence-electron chi connectivity index (χ0n) is 12.6. The van der Waals surface area contributed by atoms with Crippen molar-refractivity contribution in [1.82, 2.24) is 9.88 Å². The SMILES string of the molecule is Cc1nc(-c2cc(C(=O)N3CCCCC3CCO)co2)cs1. The van der Waals surface area contributed by atoms with Crippen LogP contribution in [-0.2, 0) is 0 Å². The Hall–Kier alpha value is -1.66. The maximum atomic E-state index is 12.7. The fourth-order valence-corrected chi connectivity index (χ4v) is 3.54. The third-order valence-electron chi connectivity index (χ3n) is 4.07. The predicted molar refractivity (Wildman–Crippen MR) is 84.9 cm³/mol. The maximum absolute atomic E-state index is 12.7. The molecule has 3 heterocycles. The third-order valence-corrected chi connectivity index (χ3v) is 4.84. The quantitative estimate of drug-likeness (QED) is 0.940. The molecule has 1 aliphatic heterocycles. The van der Waals surface area contributed by atoms with Crippen LogP contribution in [0.2, 0.25) is 0 Å². The van der Waals surface area contributed by atoms with Gasteiger partial charge in [0.2, 0.25) is 0 Å². The molecule has 2 aromatic heterocycles. The average molecular weight is 320 g/mol. The fourth-order valence-electron chi connectivity index (χ4n) is 2.94. The number of amides is 1. The van der Waals surface area contributed by atoms with Gasteiger partial charge in [0.25, 0.3) is 5.91 Å². The Labute approximate surface area is 133 Å². The Morgan fingerprint density at radius 1 is 1.55 bits per heavy atom. The number of piperidine rings is 1. The lowest BCUT2D eigenvalue weighted by Gasteiger charge is -2.35. The number of carbonyl (C=O) groups is 1. The van der Waals surface area contributed by atoms with Gasteiger partial charge >= 0.3 is 0 Å². The number of rotatable bonds is 4. The largest absolute Gasteiger partial charge is 0.462 e. The molecule has 1 atom stereocenters. The normalized spacial score (nSPS) is 18.6. The number of likely N-dealkylation sites (tertiary alicyclic amines) is 1. The molecule has 1 fully saturated rings. The van der Waals surface area contributed by atoms with Crippen LogP contribution in [0.5, 0.6) is 0 Å². The number of aliphatic hydroxyl groups is 1. The number of hydrogen-bond acceptors (Lipinski definition) is 5. The Bertz CT molecular complexity index is 647. The monoisotopic (exact) mass is 320 g/mol. The third kappa shape index (κ3) is 3.08. The van der Waals surface area contributed by atoms with Gasteiger partial charge in [-0.3, -0.25) is 4.79 Å². The molecule has 1 N–H and O–H groups in total. The number of nitrogens with zero attached hydrogens (tertiary/aromatic N) is 2. The fraction of sp³-hybridized carbons (Fsp3) is 0.500. The number of furan rings is 1. The van der Waals surface area contributed by atoms with Crippen LogP contribution in [0.1, 0.15) is 41.0 Å². The van der Waals surface area contributed by atoms with E-state index in [1.165, 1.54) is 6.26 Å². The van der Waals surface area contributed by atoms with E-state index in [1.54, 1.807) is 17.4 Å². The van der Waals surface area contributed by atoms with Gasteiger partial charge < -0.3 is 14.4 Å². The Kier molecular flexibility index (Phi) is 4.59. The van der Waals surface area contributed by atoms with E-state index in [0.717, 1.165) is 36.5 Å². The molecule has 1 amide bonds. The lowest BCUT2D eigenvalue weighted by Crippen LogP contribution is -2.44. The van der Waals surface area contributed by atoms with Crippen LogP contribution in [0.15, 0.2) is 22.1 Å². The lowest BCUT2D eigenvalue weighted by molar-refractivity contribution is 0.0574. The molecule has 0 aromatic carbocycles. The highest BCUT2D eigenvalue weighted by Gasteiger charge is 2.28. The first-order valence-corrected chi connectivity index (χ1v) is 8.50. The summed E-state index contributed by atoms with van der Waals surface area (Å²) in [4.78, 5) is 19.0. The highest BCUT2D eigenvalue weighted by molar-refractivity contribution is 7.09. The molecule has 22 heavy (non-hydrogen) atoms. The van der Waals surface area contributed by atoms with E-state index in [0.29, 0.717) is 17.7 Å². The van der Waals surface area contributed by atoms with E-state index >= 15 is 0 Å². The number of hydrogen-bond donors (Lipinski definition) is 1. The van der Waals surface area contributed by atoms with Crippen LogP contribution in [0, 0.1) is 6.92 Å². The van der Waals surface area contributed by atoms with E-state index in [2.05, 4.69) is 4.98 Å². The van der Waals surface area contributed by atoms with Crippen LogP contribution < -0.4 is 0 Å². The molecule has 1 aliphatic rings. The van der Waals surface area contributed by atoms with Gasteiger partial charge in [0, 0.05) is 24.6 Å². The van der Waals surface area contributed by atoms with E-state index in [1.807, 2.05) is 17.2 Å². The number of carbonyl (C=O) groups excluding carboxylic acids is 1. The Balaban J connectivity index is 1.78. The number of aliphatic hydroxyl groups excluding tert-OH is 1. The van der Waals surface area contributed by atoms with Crippen LogP contribution in [-0.4, -0.2) is 40.1 Å². The highest BCUT2D eigenvalue weighted by atomic mass is 32.1. The molecule has 1 saturated heterocycles. The summed E-state index contributed by atoms with van der Waals surface area (Å²) in [5.41, 5.74) is 1.33. The van der Waals surface area contributed by atoms with Crippen molar-refractivity contribution < 1.29 is 14.3 Å². The number of thiazole rings is 1. The van der Waals surface area contributed by atoms with Gasteiger partial charge in [0.15, 0.2) is 5.76 Å². The maximum Gasteiger partial charge on any atom is 0.257 e. The predicted octanol–water partition coefficient (Wildman–Crippen LogP) is 3.09. The molecule has 1 unspecified atom stereocenters. The van der Waals surface area contributed by atoms with Gasteiger partial charge in [-0.2, -0.15) is 0 Å². The minimum atomic E-state index is -0.0138. The highest BCUT2D eigenvalue weighted by Crippen LogP contribution is 2.26. The first-order valence-electron chi connectivity index (χ1n) is 7.62. The summed E-state index contributed by atoms with van der Waals surface area (Å²) in [6, 6.07) is 1.90. The zero-order chi connectivity index (χ0) is 15.5.